The molecule has 0 spiro atoms. The van der Waals surface area contributed by atoms with Crippen LogP contribution in [-0.4, -0.2) is 10.9 Å². The van der Waals surface area contributed by atoms with Crippen molar-refractivity contribution in [3.63, 3.8) is 0 Å². The minimum atomic E-state index is -0.245. The summed E-state index contributed by atoms with van der Waals surface area (Å²) in [5.74, 6) is 5.01. The third-order valence-electron chi connectivity index (χ3n) is 2.86. The van der Waals surface area contributed by atoms with E-state index in [-0.39, 0.29) is 5.91 Å². The zero-order valence-corrected chi connectivity index (χ0v) is 12.6. The van der Waals surface area contributed by atoms with Crippen molar-refractivity contribution in [1.82, 2.24) is 4.98 Å². The van der Waals surface area contributed by atoms with E-state index >= 15 is 0 Å². The summed E-state index contributed by atoms with van der Waals surface area (Å²) in [4.78, 5) is 16.2. The Morgan fingerprint density at radius 3 is 2.75 bits per heavy atom. The largest absolute Gasteiger partial charge is 0.323 e. The van der Waals surface area contributed by atoms with Crippen LogP contribution in [0.25, 0.3) is 0 Å². The van der Waals surface area contributed by atoms with E-state index in [1.54, 1.807) is 12.1 Å². The number of nitrogens with two attached hydrogens (primary N) is 1. The molecule has 1 heterocycles. The van der Waals surface area contributed by atoms with Gasteiger partial charge in [-0.2, -0.15) is 0 Å². The van der Waals surface area contributed by atoms with Gasteiger partial charge in [-0.25, -0.2) is 4.98 Å². The molecule has 1 aromatic heterocycles. The van der Waals surface area contributed by atoms with Crippen LogP contribution in [0.1, 0.15) is 23.0 Å². The van der Waals surface area contributed by atoms with Crippen molar-refractivity contribution in [2.24, 2.45) is 5.84 Å². The summed E-state index contributed by atoms with van der Waals surface area (Å²) in [6, 6.07) is 9.07. The minimum absolute atomic E-state index is 0.245. The number of aryl methyl sites for hydroxylation is 1. The van der Waals surface area contributed by atoms with Crippen LogP contribution in [0.4, 0.5) is 11.4 Å². The monoisotopic (exact) mass is 334 g/mol. The molecule has 0 atom stereocenters. The van der Waals surface area contributed by atoms with Gasteiger partial charge in [0.05, 0.1) is 11.9 Å². The Kier molecular flexibility index (Phi) is 4.70. The first kappa shape index (κ1) is 14.5. The van der Waals surface area contributed by atoms with Crippen molar-refractivity contribution >= 4 is 33.2 Å². The Morgan fingerprint density at radius 2 is 2.15 bits per heavy atom. The van der Waals surface area contributed by atoms with E-state index in [0.717, 1.165) is 22.1 Å². The van der Waals surface area contributed by atoms with Crippen molar-refractivity contribution in [3.8, 4) is 0 Å². The number of halogens is 1. The fourth-order valence-electron chi connectivity index (χ4n) is 1.78. The summed E-state index contributed by atoms with van der Waals surface area (Å²) >= 11 is 3.42. The second-order valence-corrected chi connectivity index (χ2v) is 5.10. The summed E-state index contributed by atoms with van der Waals surface area (Å²) < 4.78 is 0.990. The number of hydrogen-bond acceptors (Lipinski definition) is 4. The zero-order chi connectivity index (χ0) is 14.5. The molecule has 4 N–H and O–H groups in total. The highest BCUT2D eigenvalue weighted by Crippen LogP contribution is 2.22. The van der Waals surface area contributed by atoms with Crippen LogP contribution >= 0.6 is 15.9 Å². The highest BCUT2D eigenvalue weighted by molar-refractivity contribution is 9.10. The van der Waals surface area contributed by atoms with Gasteiger partial charge in [0.25, 0.3) is 5.91 Å². The molecule has 2 aromatic rings. The second-order valence-electron chi connectivity index (χ2n) is 4.19. The predicted octanol–water partition coefficient (Wildman–Crippen LogP) is 2.94. The van der Waals surface area contributed by atoms with Gasteiger partial charge >= 0.3 is 0 Å². The molecule has 104 valence electrons. The first-order valence-corrected chi connectivity index (χ1v) is 6.95. The second kappa shape index (κ2) is 6.49. The molecule has 1 aromatic carbocycles. The van der Waals surface area contributed by atoms with E-state index in [9.17, 15) is 4.79 Å². The molecule has 5 nitrogen and oxygen atoms in total. The summed E-state index contributed by atoms with van der Waals surface area (Å²) in [7, 11) is 0. The maximum Gasteiger partial charge on any atom is 0.274 e. The molecule has 0 unspecified atom stereocenters. The predicted molar refractivity (Wildman–Crippen MR) is 83.5 cm³/mol. The molecule has 0 radical (unpaired) electrons. The first-order chi connectivity index (χ1) is 9.63. The number of pyridine rings is 1. The Hall–Kier alpha value is -1.92. The molecular weight excluding hydrogens is 320 g/mol. The SMILES string of the molecule is CCc1cc(Br)ccc1NC(=O)c1ccc(NN)cn1. The number of nitrogens with zero attached hydrogens (tertiary/aromatic N) is 1. The number of hydrogen-bond donors (Lipinski definition) is 3. The number of carbonyl (C=O) groups excluding carboxylic acids is 1. The lowest BCUT2D eigenvalue weighted by Crippen LogP contribution is -2.15. The topological polar surface area (TPSA) is 80.0 Å². The quantitative estimate of drug-likeness (QED) is 0.593. The number of nitrogens with one attached hydrogen (secondary N) is 2. The highest BCUT2D eigenvalue weighted by Gasteiger charge is 2.10. The van der Waals surface area contributed by atoms with Crippen molar-refractivity contribution in [2.75, 3.05) is 10.7 Å². The van der Waals surface area contributed by atoms with E-state index < -0.39 is 0 Å². The van der Waals surface area contributed by atoms with Gasteiger partial charge in [-0.05, 0) is 42.3 Å². The molecule has 0 bridgehead atoms. The van der Waals surface area contributed by atoms with E-state index in [0.29, 0.717) is 11.4 Å². The molecule has 1 amide bonds. The molecule has 0 fully saturated rings. The molecular formula is C14H15BrN4O. The van der Waals surface area contributed by atoms with E-state index in [4.69, 9.17) is 5.84 Å². The van der Waals surface area contributed by atoms with Gasteiger partial charge in [-0.1, -0.05) is 22.9 Å². The van der Waals surface area contributed by atoms with Gasteiger partial charge in [0.15, 0.2) is 0 Å². The number of anilines is 2. The van der Waals surface area contributed by atoms with E-state index in [1.807, 2.05) is 25.1 Å². The average molecular weight is 335 g/mol. The number of rotatable bonds is 4. The summed E-state index contributed by atoms with van der Waals surface area (Å²) in [5.41, 5.74) is 5.32. The molecule has 0 saturated carbocycles. The lowest BCUT2D eigenvalue weighted by atomic mass is 10.1. The summed E-state index contributed by atoms with van der Waals surface area (Å²) in [6.45, 7) is 2.04. The molecule has 0 aliphatic carbocycles. The standard InChI is InChI=1S/C14H15BrN4O/c1-2-9-7-10(15)3-5-12(9)18-14(20)13-6-4-11(19-16)8-17-13/h3-8,19H,2,16H2,1H3,(H,18,20). The Balaban J connectivity index is 2.18. The van der Waals surface area contributed by atoms with Crippen LogP contribution in [0, 0.1) is 0 Å². The molecule has 6 heteroatoms. The van der Waals surface area contributed by atoms with Crippen LogP contribution in [0.5, 0.6) is 0 Å². The number of aromatic nitrogens is 1. The van der Waals surface area contributed by atoms with E-state index in [1.165, 1.54) is 6.20 Å². The van der Waals surface area contributed by atoms with Crippen molar-refractivity contribution in [3.05, 3.63) is 52.3 Å². The van der Waals surface area contributed by atoms with Gasteiger partial charge in [0, 0.05) is 10.2 Å². The fraction of sp³-hybridized carbons (Fsp3) is 0.143. The number of carbonyl (C=O) groups is 1. The number of benzene rings is 1. The smallest absolute Gasteiger partial charge is 0.274 e. The average Bonchev–Trinajstić information content (AvgIpc) is 2.49. The third kappa shape index (κ3) is 3.34. The summed E-state index contributed by atoms with van der Waals surface area (Å²) in [6.07, 6.45) is 2.34. The Morgan fingerprint density at radius 1 is 1.35 bits per heavy atom. The van der Waals surface area contributed by atoms with Crippen molar-refractivity contribution in [1.29, 1.82) is 0 Å². The van der Waals surface area contributed by atoms with Gasteiger partial charge in [-0.15, -0.1) is 0 Å². The lowest BCUT2D eigenvalue weighted by molar-refractivity contribution is 0.102. The van der Waals surface area contributed by atoms with Crippen molar-refractivity contribution in [2.45, 2.75) is 13.3 Å². The van der Waals surface area contributed by atoms with Crippen LogP contribution in [-0.2, 0) is 6.42 Å². The molecule has 0 aliphatic heterocycles. The van der Waals surface area contributed by atoms with Crippen LogP contribution in [0.15, 0.2) is 41.0 Å². The van der Waals surface area contributed by atoms with Gasteiger partial charge in [0.2, 0.25) is 0 Å². The Labute approximate surface area is 125 Å². The molecule has 0 saturated heterocycles. The summed E-state index contributed by atoms with van der Waals surface area (Å²) in [5, 5.41) is 2.87. The van der Waals surface area contributed by atoms with Crippen LogP contribution in [0.3, 0.4) is 0 Å². The number of nitrogen functional groups attached to an aromatic ring is 1. The minimum Gasteiger partial charge on any atom is -0.323 e. The van der Waals surface area contributed by atoms with E-state index in [2.05, 4.69) is 31.7 Å². The van der Waals surface area contributed by atoms with Gasteiger partial charge in [0.1, 0.15) is 5.69 Å². The number of hydrazine groups is 1. The number of amides is 1. The van der Waals surface area contributed by atoms with Gasteiger partial charge in [-0.3, -0.25) is 10.6 Å². The third-order valence-corrected chi connectivity index (χ3v) is 3.35. The maximum absolute atomic E-state index is 12.1. The maximum atomic E-state index is 12.1. The zero-order valence-electron chi connectivity index (χ0n) is 11.0. The molecule has 20 heavy (non-hydrogen) atoms. The first-order valence-electron chi connectivity index (χ1n) is 6.16. The lowest BCUT2D eigenvalue weighted by Gasteiger charge is -2.10. The fourth-order valence-corrected chi connectivity index (χ4v) is 2.19. The Bertz CT molecular complexity index is 613. The van der Waals surface area contributed by atoms with Gasteiger partial charge < -0.3 is 10.7 Å². The molecule has 0 aliphatic rings. The highest BCUT2D eigenvalue weighted by atomic mass is 79.9. The van der Waals surface area contributed by atoms with Crippen molar-refractivity contribution < 1.29 is 4.79 Å². The van der Waals surface area contributed by atoms with Crippen LogP contribution in [0.2, 0.25) is 0 Å². The van der Waals surface area contributed by atoms with Crippen LogP contribution < -0.4 is 16.6 Å². The molecule has 2 rings (SSSR count). The normalized spacial score (nSPS) is 10.2.